The third-order valence-corrected chi connectivity index (χ3v) is 13.6. The van der Waals surface area contributed by atoms with E-state index in [2.05, 4.69) is 41.5 Å². The first-order valence-corrected chi connectivity index (χ1v) is 29.6. The van der Waals surface area contributed by atoms with E-state index in [1.54, 1.807) is 0 Å². The average molecular weight is 934 g/mol. The molecule has 0 N–H and O–H groups in total. The van der Waals surface area contributed by atoms with Crippen molar-refractivity contribution in [3.8, 4) is 0 Å². The minimum Gasteiger partial charge on any atom is -0.462 e. The second kappa shape index (κ2) is 51.3. The zero-order chi connectivity index (χ0) is 48.4. The molecule has 0 bridgehead atoms. The molecule has 0 amide bonds. The second-order valence-corrected chi connectivity index (χ2v) is 22.1. The molecule has 0 saturated carbocycles. The molecule has 0 radical (unpaired) electrons. The molecule has 392 valence electrons. The molecule has 0 aliphatic carbocycles. The van der Waals surface area contributed by atoms with Crippen LogP contribution in [0.5, 0.6) is 0 Å². The Labute approximate surface area is 412 Å². The van der Waals surface area contributed by atoms with Crippen molar-refractivity contribution in [2.24, 2.45) is 17.8 Å². The summed E-state index contributed by atoms with van der Waals surface area (Å²) < 4.78 is 16.9. The molecule has 0 aromatic rings. The lowest BCUT2D eigenvalue weighted by atomic mass is 10.0. The summed E-state index contributed by atoms with van der Waals surface area (Å²) in [7, 11) is 0. The van der Waals surface area contributed by atoms with E-state index in [9.17, 15) is 14.4 Å². The predicted octanol–water partition coefficient (Wildman–Crippen LogP) is 19.5. The van der Waals surface area contributed by atoms with Crippen LogP contribution in [0.3, 0.4) is 0 Å². The summed E-state index contributed by atoms with van der Waals surface area (Å²) in [5.41, 5.74) is 0. The van der Waals surface area contributed by atoms with E-state index < -0.39 is 6.10 Å². The number of rotatable bonds is 53. The molecule has 1 atom stereocenters. The van der Waals surface area contributed by atoms with Gasteiger partial charge in [0.25, 0.3) is 0 Å². The minimum atomic E-state index is -0.764. The molecule has 0 spiro atoms. The summed E-state index contributed by atoms with van der Waals surface area (Å²) in [5, 5.41) is 0. The highest BCUT2D eigenvalue weighted by atomic mass is 16.6. The van der Waals surface area contributed by atoms with Crippen LogP contribution in [0, 0.1) is 17.8 Å². The van der Waals surface area contributed by atoms with Crippen molar-refractivity contribution in [2.75, 3.05) is 13.2 Å². The van der Waals surface area contributed by atoms with E-state index in [1.165, 1.54) is 212 Å². The lowest BCUT2D eigenvalue weighted by molar-refractivity contribution is -0.167. The molecule has 0 fully saturated rings. The van der Waals surface area contributed by atoms with Crippen LogP contribution in [0.25, 0.3) is 0 Å². The normalized spacial score (nSPS) is 12.1. The van der Waals surface area contributed by atoms with Crippen LogP contribution in [-0.4, -0.2) is 37.2 Å². The maximum absolute atomic E-state index is 12.9. The van der Waals surface area contributed by atoms with E-state index in [0.717, 1.165) is 75.5 Å². The molecule has 0 aromatic heterocycles. The fraction of sp³-hybridized carbons (Fsp3) is 0.950. The fourth-order valence-corrected chi connectivity index (χ4v) is 9.18. The zero-order valence-electron chi connectivity index (χ0n) is 45.5. The van der Waals surface area contributed by atoms with Crippen molar-refractivity contribution < 1.29 is 28.6 Å². The van der Waals surface area contributed by atoms with Gasteiger partial charge in [0.15, 0.2) is 6.10 Å². The molecular weight excluding hydrogens is 817 g/mol. The minimum absolute atomic E-state index is 0.0633. The Kier molecular flexibility index (Phi) is 50.0. The highest BCUT2D eigenvalue weighted by Gasteiger charge is 2.19. The molecule has 0 saturated heterocycles. The van der Waals surface area contributed by atoms with Gasteiger partial charge in [0.1, 0.15) is 13.2 Å². The van der Waals surface area contributed by atoms with Crippen molar-refractivity contribution in [1.82, 2.24) is 0 Å². The predicted molar refractivity (Wildman–Crippen MR) is 284 cm³/mol. The number of carbonyl (C=O) groups excluding carboxylic acids is 3. The molecule has 0 unspecified atom stereocenters. The van der Waals surface area contributed by atoms with Gasteiger partial charge in [-0.1, -0.05) is 292 Å². The van der Waals surface area contributed by atoms with Crippen LogP contribution >= 0.6 is 0 Å². The summed E-state index contributed by atoms with van der Waals surface area (Å²) in [6.45, 7) is 13.8. The monoisotopic (exact) mass is 933 g/mol. The zero-order valence-corrected chi connectivity index (χ0v) is 45.5. The van der Waals surface area contributed by atoms with Gasteiger partial charge >= 0.3 is 17.9 Å². The maximum atomic E-state index is 12.9. The summed E-state index contributed by atoms with van der Waals surface area (Å²) in [6.07, 6.45) is 53.8. The van der Waals surface area contributed by atoms with E-state index in [-0.39, 0.29) is 31.1 Å². The van der Waals surface area contributed by atoms with Crippen LogP contribution in [0.15, 0.2) is 0 Å². The lowest BCUT2D eigenvalue weighted by Crippen LogP contribution is -2.30. The van der Waals surface area contributed by atoms with Crippen LogP contribution in [-0.2, 0) is 28.6 Å². The van der Waals surface area contributed by atoms with Gasteiger partial charge in [0.2, 0.25) is 0 Å². The summed E-state index contributed by atoms with van der Waals surface area (Å²) in [6, 6.07) is 0. The fourth-order valence-electron chi connectivity index (χ4n) is 9.18. The van der Waals surface area contributed by atoms with Crippen molar-refractivity contribution in [2.45, 2.75) is 337 Å². The molecule has 0 aliphatic rings. The maximum Gasteiger partial charge on any atom is 0.306 e. The Morgan fingerprint density at radius 2 is 0.439 bits per heavy atom. The number of esters is 3. The Hall–Kier alpha value is -1.59. The third kappa shape index (κ3) is 53.4. The van der Waals surface area contributed by atoms with Gasteiger partial charge in [-0.25, -0.2) is 0 Å². The smallest absolute Gasteiger partial charge is 0.306 e. The first kappa shape index (κ1) is 64.4. The van der Waals surface area contributed by atoms with E-state index in [0.29, 0.717) is 19.3 Å². The molecule has 0 rings (SSSR count). The van der Waals surface area contributed by atoms with Crippen LogP contribution in [0.2, 0.25) is 0 Å². The molecule has 66 heavy (non-hydrogen) atoms. The Balaban J connectivity index is 4.28. The molecule has 0 heterocycles. The molecule has 0 aromatic carbocycles. The van der Waals surface area contributed by atoms with Crippen molar-refractivity contribution >= 4 is 17.9 Å². The van der Waals surface area contributed by atoms with Crippen LogP contribution < -0.4 is 0 Å². The highest BCUT2D eigenvalue weighted by molar-refractivity contribution is 5.71. The van der Waals surface area contributed by atoms with Gasteiger partial charge in [-0.3, -0.25) is 14.4 Å². The molecule has 0 aliphatic heterocycles. The third-order valence-electron chi connectivity index (χ3n) is 13.6. The standard InChI is InChI=1S/C60H116O6/c1-54(2)46-40-34-28-22-16-12-9-7-8-10-14-18-25-31-37-43-49-58(61)64-52-57(53-65-59(62)50-44-38-32-26-21-20-24-30-36-42-48-56(5)6)66-60(63)51-45-39-33-27-19-15-11-13-17-23-29-35-41-47-55(3)4/h54-57H,7-53H2,1-6H3/t57-/m1/s1. The second-order valence-electron chi connectivity index (χ2n) is 22.1. The SMILES string of the molecule is CC(C)CCCCCCCCCCCCCCCCCCC(=O)OC[C@H](COC(=O)CCCCCCCCCCCCC(C)C)OC(=O)CCCCCCCCCCCCCCCC(C)C. The number of hydrogen-bond acceptors (Lipinski definition) is 6. The first-order chi connectivity index (χ1) is 32.1. The van der Waals surface area contributed by atoms with Gasteiger partial charge in [0, 0.05) is 19.3 Å². The lowest BCUT2D eigenvalue weighted by Gasteiger charge is -2.18. The Morgan fingerprint density at radius 3 is 0.652 bits per heavy atom. The van der Waals surface area contributed by atoms with E-state index in [4.69, 9.17) is 14.2 Å². The van der Waals surface area contributed by atoms with E-state index >= 15 is 0 Å². The average Bonchev–Trinajstić information content (AvgIpc) is 3.28. The van der Waals surface area contributed by atoms with Gasteiger partial charge in [-0.15, -0.1) is 0 Å². The number of hydrogen-bond donors (Lipinski definition) is 0. The number of carbonyl (C=O) groups is 3. The Morgan fingerprint density at radius 1 is 0.258 bits per heavy atom. The van der Waals surface area contributed by atoms with Crippen molar-refractivity contribution in [3.05, 3.63) is 0 Å². The molecule has 6 heteroatoms. The molecular formula is C60H116O6. The number of ether oxygens (including phenoxy) is 3. The van der Waals surface area contributed by atoms with E-state index in [1.807, 2.05) is 0 Å². The summed E-state index contributed by atoms with van der Waals surface area (Å²) in [4.78, 5) is 38.2. The van der Waals surface area contributed by atoms with Crippen molar-refractivity contribution in [1.29, 1.82) is 0 Å². The van der Waals surface area contributed by atoms with Crippen molar-refractivity contribution in [3.63, 3.8) is 0 Å². The number of unbranched alkanes of at least 4 members (excludes halogenated alkanes) is 36. The van der Waals surface area contributed by atoms with Gasteiger partial charge in [0.05, 0.1) is 0 Å². The van der Waals surface area contributed by atoms with Crippen LogP contribution in [0.4, 0.5) is 0 Å². The van der Waals surface area contributed by atoms with Crippen LogP contribution in [0.1, 0.15) is 330 Å². The first-order valence-electron chi connectivity index (χ1n) is 29.6. The topological polar surface area (TPSA) is 78.9 Å². The van der Waals surface area contributed by atoms with Gasteiger partial charge in [-0.2, -0.15) is 0 Å². The quantitative estimate of drug-likeness (QED) is 0.0343. The largest absolute Gasteiger partial charge is 0.462 e. The Bertz CT molecular complexity index is 1020. The molecule has 6 nitrogen and oxygen atoms in total. The van der Waals surface area contributed by atoms with Gasteiger partial charge in [-0.05, 0) is 37.0 Å². The summed E-state index contributed by atoms with van der Waals surface area (Å²) >= 11 is 0. The van der Waals surface area contributed by atoms with Gasteiger partial charge < -0.3 is 14.2 Å². The summed E-state index contributed by atoms with van der Waals surface area (Å²) in [5.74, 6) is 1.67. The highest BCUT2D eigenvalue weighted by Crippen LogP contribution is 2.19.